The monoisotopic (exact) mass is 184 g/mol. The number of nitrogens with zero attached hydrogens (tertiary/aromatic N) is 2. The van der Waals surface area contributed by atoms with E-state index in [-0.39, 0.29) is 5.69 Å². The lowest BCUT2D eigenvalue weighted by Gasteiger charge is -2.05. The maximum atomic E-state index is 10.5. The average Bonchev–Trinajstić information content (AvgIpc) is 2.31. The Morgan fingerprint density at radius 1 is 1.77 bits per heavy atom. The molecule has 1 heterocycles. The van der Waals surface area contributed by atoms with Crippen molar-refractivity contribution in [2.45, 2.75) is 26.5 Å². The molecule has 0 aliphatic heterocycles. The summed E-state index contributed by atoms with van der Waals surface area (Å²) in [6.45, 7) is 3.71. The Morgan fingerprint density at radius 2 is 2.38 bits per heavy atom. The average molecular weight is 184 g/mol. The molecule has 1 unspecified atom stereocenters. The Bertz CT molecular complexity index is 317. The number of aryl methyl sites for hydroxylation is 1. The molecule has 0 aliphatic rings. The number of aliphatic hydroxyl groups excluding tert-OH is 1. The molecule has 2 N–H and O–H groups in total. The zero-order valence-electron chi connectivity index (χ0n) is 7.56. The lowest BCUT2D eigenvalue weighted by atomic mass is 10.4. The van der Waals surface area contributed by atoms with E-state index in [1.165, 1.54) is 6.20 Å². The smallest absolute Gasteiger partial charge is 0.356 e. The Kier molecular flexibility index (Phi) is 2.67. The third-order valence-corrected chi connectivity index (χ3v) is 1.66. The first-order chi connectivity index (χ1) is 6.00. The summed E-state index contributed by atoms with van der Waals surface area (Å²) < 4.78 is 1.62. The van der Waals surface area contributed by atoms with Crippen LogP contribution in [-0.2, 0) is 6.54 Å². The van der Waals surface area contributed by atoms with Gasteiger partial charge in [0.15, 0.2) is 5.69 Å². The first kappa shape index (κ1) is 9.73. The van der Waals surface area contributed by atoms with Crippen molar-refractivity contribution in [1.82, 2.24) is 9.55 Å². The molecule has 1 atom stereocenters. The first-order valence-electron chi connectivity index (χ1n) is 3.96. The molecule has 72 valence electrons. The van der Waals surface area contributed by atoms with Crippen LogP contribution in [0.2, 0.25) is 0 Å². The molecule has 0 radical (unpaired) electrons. The van der Waals surface area contributed by atoms with Crippen molar-refractivity contribution >= 4 is 5.97 Å². The summed E-state index contributed by atoms with van der Waals surface area (Å²) in [5, 5.41) is 17.7. The number of aliphatic hydroxyl groups is 1. The lowest BCUT2D eigenvalue weighted by molar-refractivity contribution is 0.0690. The van der Waals surface area contributed by atoms with E-state index < -0.39 is 12.1 Å². The Morgan fingerprint density at radius 3 is 2.77 bits per heavy atom. The lowest BCUT2D eigenvalue weighted by Crippen LogP contribution is -2.12. The number of rotatable bonds is 3. The Hall–Kier alpha value is -1.36. The Balaban J connectivity index is 2.90. The van der Waals surface area contributed by atoms with Crippen molar-refractivity contribution in [2.75, 3.05) is 0 Å². The number of aromatic carboxylic acids is 1. The standard InChI is InChI=1S/C8H12N2O3/c1-5(11)3-10-4-7(8(12)13)9-6(10)2/h4-5,11H,3H2,1-2H3,(H,12,13). The molecule has 13 heavy (non-hydrogen) atoms. The molecular formula is C8H12N2O3. The predicted octanol–water partition coefficient (Wildman–Crippen LogP) is 0.271. The molecule has 0 saturated heterocycles. The van der Waals surface area contributed by atoms with E-state index in [4.69, 9.17) is 10.2 Å². The highest BCUT2D eigenvalue weighted by Gasteiger charge is 2.10. The summed E-state index contributed by atoms with van der Waals surface area (Å²) in [7, 11) is 0. The SMILES string of the molecule is Cc1nc(C(=O)O)cn1CC(C)O. The number of aromatic nitrogens is 2. The van der Waals surface area contributed by atoms with Gasteiger partial charge >= 0.3 is 5.97 Å². The van der Waals surface area contributed by atoms with Gasteiger partial charge in [0.05, 0.1) is 6.10 Å². The molecule has 1 rings (SSSR count). The molecule has 0 bridgehead atoms. The van der Waals surface area contributed by atoms with Gasteiger partial charge in [-0.1, -0.05) is 0 Å². The molecule has 0 aliphatic carbocycles. The van der Waals surface area contributed by atoms with Gasteiger partial charge in [-0.25, -0.2) is 9.78 Å². The van der Waals surface area contributed by atoms with Crippen LogP contribution in [0.15, 0.2) is 6.20 Å². The zero-order valence-corrected chi connectivity index (χ0v) is 7.56. The van der Waals surface area contributed by atoms with Crippen LogP contribution in [0.5, 0.6) is 0 Å². The molecule has 5 nitrogen and oxygen atoms in total. The highest BCUT2D eigenvalue weighted by Crippen LogP contribution is 2.03. The minimum atomic E-state index is -1.05. The minimum Gasteiger partial charge on any atom is -0.476 e. The highest BCUT2D eigenvalue weighted by atomic mass is 16.4. The van der Waals surface area contributed by atoms with Gasteiger partial charge in [-0.2, -0.15) is 0 Å². The zero-order chi connectivity index (χ0) is 10.0. The normalized spacial score (nSPS) is 12.8. The minimum absolute atomic E-state index is 0.0122. The fourth-order valence-corrected chi connectivity index (χ4v) is 1.08. The van der Waals surface area contributed by atoms with Crippen LogP contribution in [0, 0.1) is 6.92 Å². The van der Waals surface area contributed by atoms with E-state index in [1.54, 1.807) is 18.4 Å². The van der Waals surface area contributed by atoms with Gasteiger partial charge < -0.3 is 14.8 Å². The van der Waals surface area contributed by atoms with Crippen LogP contribution in [-0.4, -0.2) is 31.8 Å². The maximum absolute atomic E-state index is 10.5. The number of hydrogen-bond acceptors (Lipinski definition) is 3. The van der Waals surface area contributed by atoms with Crippen LogP contribution >= 0.6 is 0 Å². The molecule has 1 aromatic rings. The number of carboxylic acids is 1. The van der Waals surface area contributed by atoms with Gasteiger partial charge in [0.25, 0.3) is 0 Å². The molecule has 0 aromatic carbocycles. The van der Waals surface area contributed by atoms with E-state index in [9.17, 15) is 4.79 Å². The van der Waals surface area contributed by atoms with Gasteiger partial charge in [0, 0.05) is 12.7 Å². The number of hydrogen-bond donors (Lipinski definition) is 2. The molecule has 0 spiro atoms. The predicted molar refractivity (Wildman–Crippen MR) is 45.6 cm³/mol. The topological polar surface area (TPSA) is 75.3 Å². The van der Waals surface area contributed by atoms with Crippen LogP contribution in [0.4, 0.5) is 0 Å². The first-order valence-corrected chi connectivity index (χ1v) is 3.96. The van der Waals surface area contributed by atoms with Crippen molar-refractivity contribution in [2.24, 2.45) is 0 Å². The van der Waals surface area contributed by atoms with Crippen LogP contribution in [0.1, 0.15) is 23.2 Å². The van der Waals surface area contributed by atoms with Crippen LogP contribution < -0.4 is 0 Å². The van der Waals surface area contributed by atoms with E-state index >= 15 is 0 Å². The number of carboxylic acid groups (broad SMARTS) is 1. The van der Waals surface area contributed by atoms with Gasteiger partial charge in [0.1, 0.15) is 5.82 Å². The molecular weight excluding hydrogens is 172 g/mol. The number of imidazole rings is 1. The van der Waals surface area contributed by atoms with Gasteiger partial charge in [-0.3, -0.25) is 0 Å². The van der Waals surface area contributed by atoms with Crippen molar-refractivity contribution < 1.29 is 15.0 Å². The second kappa shape index (κ2) is 3.57. The third-order valence-electron chi connectivity index (χ3n) is 1.66. The van der Waals surface area contributed by atoms with Gasteiger partial charge in [0.2, 0.25) is 0 Å². The summed E-state index contributed by atoms with van der Waals surface area (Å²) in [4.78, 5) is 14.3. The molecule has 5 heteroatoms. The van der Waals surface area contributed by atoms with E-state index in [0.717, 1.165) is 0 Å². The summed E-state index contributed by atoms with van der Waals surface area (Å²) in [5.74, 6) is -0.453. The quantitative estimate of drug-likeness (QED) is 0.707. The van der Waals surface area contributed by atoms with E-state index in [1.807, 2.05) is 0 Å². The second-order valence-electron chi connectivity index (χ2n) is 2.98. The molecule has 0 amide bonds. The third kappa shape index (κ3) is 2.29. The fraction of sp³-hybridized carbons (Fsp3) is 0.500. The molecule has 0 saturated carbocycles. The van der Waals surface area contributed by atoms with E-state index in [2.05, 4.69) is 4.98 Å². The summed E-state index contributed by atoms with van der Waals surface area (Å²) >= 11 is 0. The van der Waals surface area contributed by atoms with Crippen molar-refractivity contribution in [3.63, 3.8) is 0 Å². The van der Waals surface area contributed by atoms with Crippen molar-refractivity contribution in [1.29, 1.82) is 0 Å². The maximum Gasteiger partial charge on any atom is 0.356 e. The number of carbonyl (C=O) groups is 1. The fourth-order valence-electron chi connectivity index (χ4n) is 1.08. The summed E-state index contributed by atoms with van der Waals surface area (Å²) in [5.41, 5.74) is 0.0122. The summed E-state index contributed by atoms with van der Waals surface area (Å²) in [6, 6.07) is 0. The van der Waals surface area contributed by atoms with Gasteiger partial charge in [-0.05, 0) is 13.8 Å². The van der Waals surface area contributed by atoms with Crippen LogP contribution in [0.25, 0.3) is 0 Å². The van der Waals surface area contributed by atoms with Crippen molar-refractivity contribution in [3.05, 3.63) is 17.7 Å². The largest absolute Gasteiger partial charge is 0.476 e. The Labute approximate surface area is 75.6 Å². The van der Waals surface area contributed by atoms with Crippen LogP contribution in [0.3, 0.4) is 0 Å². The van der Waals surface area contributed by atoms with Crippen molar-refractivity contribution in [3.8, 4) is 0 Å². The van der Waals surface area contributed by atoms with E-state index in [0.29, 0.717) is 12.4 Å². The highest BCUT2D eigenvalue weighted by molar-refractivity contribution is 5.85. The molecule has 0 fully saturated rings. The molecule has 1 aromatic heterocycles. The second-order valence-corrected chi connectivity index (χ2v) is 2.98. The summed E-state index contributed by atoms with van der Waals surface area (Å²) in [6.07, 6.45) is 0.916. The van der Waals surface area contributed by atoms with Gasteiger partial charge in [-0.15, -0.1) is 0 Å².